The van der Waals surface area contributed by atoms with Crippen molar-refractivity contribution in [1.82, 2.24) is 9.55 Å². The van der Waals surface area contributed by atoms with E-state index in [1.54, 1.807) is 18.3 Å². The number of aliphatic hydroxyl groups is 1. The highest BCUT2D eigenvalue weighted by Crippen LogP contribution is 2.43. The Morgan fingerprint density at radius 3 is 2.12 bits per heavy atom. The molecule has 7 nitrogen and oxygen atoms in total. The van der Waals surface area contributed by atoms with Gasteiger partial charge in [-0.1, -0.05) is 55.1 Å². The molecule has 4 unspecified atom stereocenters. The predicted molar refractivity (Wildman–Crippen MR) is 148 cm³/mol. The van der Waals surface area contributed by atoms with Crippen LogP contribution in [0.3, 0.4) is 0 Å². The minimum absolute atomic E-state index is 0.0416. The summed E-state index contributed by atoms with van der Waals surface area (Å²) in [5.74, 6) is -12.2. The standard InChI is InChI=1S/C30H26F5N3O4S/c1-15-20(14-43-30-36-11-12-38(30)2)41-29(42-27(15)17-5-3-16(13-39)4-6-17)18-7-9-19(10-8-18)37-28(40)21-22(31)24(33)26(35)25(34)23(21)32/h3-12,15,20,27,29,39H,13-14H2,1-2H3,(H,37,40). The summed E-state index contributed by atoms with van der Waals surface area (Å²) in [6.45, 7) is 1.92. The van der Waals surface area contributed by atoms with Gasteiger partial charge >= 0.3 is 0 Å². The zero-order valence-electron chi connectivity index (χ0n) is 22.9. The van der Waals surface area contributed by atoms with Crippen LogP contribution in [0.2, 0.25) is 0 Å². The van der Waals surface area contributed by atoms with E-state index in [0.717, 1.165) is 16.3 Å². The minimum atomic E-state index is -2.35. The number of nitrogens with one attached hydrogen (secondary N) is 1. The maximum Gasteiger partial charge on any atom is 0.261 e. The fraction of sp³-hybridized carbons (Fsp3) is 0.267. The lowest BCUT2D eigenvalue weighted by atomic mass is 9.91. The number of anilines is 1. The van der Waals surface area contributed by atoms with Crippen LogP contribution < -0.4 is 5.32 Å². The molecular formula is C30H26F5N3O4S. The lowest BCUT2D eigenvalue weighted by Crippen LogP contribution is -2.38. The van der Waals surface area contributed by atoms with Gasteiger partial charge in [-0.05, 0) is 23.3 Å². The molecule has 43 heavy (non-hydrogen) atoms. The molecule has 5 rings (SSSR count). The summed E-state index contributed by atoms with van der Waals surface area (Å²) in [7, 11) is 1.89. The molecule has 0 aliphatic carbocycles. The molecule has 0 bridgehead atoms. The zero-order chi connectivity index (χ0) is 30.8. The Labute approximate surface area is 247 Å². The summed E-state index contributed by atoms with van der Waals surface area (Å²) in [4.78, 5) is 16.8. The van der Waals surface area contributed by atoms with Gasteiger partial charge in [0.05, 0.1) is 18.8 Å². The number of halogens is 5. The summed E-state index contributed by atoms with van der Waals surface area (Å²) < 4.78 is 83.3. The first-order valence-electron chi connectivity index (χ1n) is 13.1. The van der Waals surface area contributed by atoms with Crippen molar-refractivity contribution in [2.45, 2.75) is 37.2 Å². The largest absolute Gasteiger partial charge is 0.392 e. The summed E-state index contributed by atoms with van der Waals surface area (Å²) >= 11 is 1.53. The van der Waals surface area contributed by atoms with Crippen molar-refractivity contribution < 1.29 is 41.3 Å². The van der Waals surface area contributed by atoms with Crippen LogP contribution in [0.1, 0.15) is 46.4 Å². The fourth-order valence-electron chi connectivity index (χ4n) is 4.68. The highest BCUT2D eigenvalue weighted by Gasteiger charge is 2.38. The van der Waals surface area contributed by atoms with Crippen LogP contribution in [0.4, 0.5) is 27.6 Å². The van der Waals surface area contributed by atoms with Gasteiger partial charge in [0.15, 0.2) is 34.7 Å². The Bertz CT molecular complexity index is 1590. The van der Waals surface area contributed by atoms with Crippen LogP contribution in [-0.4, -0.2) is 32.4 Å². The van der Waals surface area contributed by atoms with Crippen LogP contribution in [0.5, 0.6) is 0 Å². The molecule has 2 N–H and O–H groups in total. The number of benzene rings is 3. The van der Waals surface area contributed by atoms with Crippen molar-refractivity contribution in [3.8, 4) is 0 Å². The number of ether oxygens (including phenoxy) is 2. The Kier molecular flexibility index (Phi) is 9.16. The second-order valence-corrected chi connectivity index (χ2v) is 11.0. The molecule has 4 atom stereocenters. The molecule has 1 aliphatic heterocycles. The molecule has 0 saturated carbocycles. The molecule has 0 spiro atoms. The number of aryl methyl sites for hydroxylation is 1. The molecule has 1 fully saturated rings. The van der Waals surface area contributed by atoms with E-state index in [9.17, 15) is 31.9 Å². The van der Waals surface area contributed by atoms with E-state index < -0.39 is 46.8 Å². The van der Waals surface area contributed by atoms with Gasteiger partial charge in [-0.2, -0.15) is 0 Å². The number of nitrogens with zero attached hydrogens (tertiary/aromatic N) is 2. The van der Waals surface area contributed by atoms with Crippen molar-refractivity contribution in [2.24, 2.45) is 13.0 Å². The second kappa shape index (κ2) is 12.8. The van der Waals surface area contributed by atoms with Crippen LogP contribution in [-0.2, 0) is 23.1 Å². The smallest absolute Gasteiger partial charge is 0.261 e. The number of rotatable bonds is 8. The average molecular weight is 620 g/mol. The van der Waals surface area contributed by atoms with Gasteiger partial charge in [0.25, 0.3) is 5.91 Å². The monoisotopic (exact) mass is 619 g/mol. The number of hydrogen-bond acceptors (Lipinski definition) is 6. The Balaban J connectivity index is 1.37. The first-order chi connectivity index (χ1) is 20.6. The van der Waals surface area contributed by atoms with E-state index in [0.29, 0.717) is 11.3 Å². The number of amides is 1. The SMILES string of the molecule is CC1C(CSc2nccn2C)OC(c2ccc(NC(=O)c3c(F)c(F)c(F)c(F)c3F)cc2)OC1c1ccc(CO)cc1. The summed E-state index contributed by atoms with van der Waals surface area (Å²) in [6, 6.07) is 13.3. The molecule has 1 aliphatic rings. The van der Waals surface area contributed by atoms with Crippen molar-refractivity contribution in [3.05, 3.63) is 112 Å². The summed E-state index contributed by atoms with van der Waals surface area (Å²) in [5, 5.41) is 12.4. The van der Waals surface area contributed by atoms with Gasteiger partial charge < -0.3 is 24.5 Å². The highest BCUT2D eigenvalue weighted by molar-refractivity contribution is 7.99. The van der Waals surface area contributed by atoms with E-state index in [4.69, 9.17) is 9.47 Å². The van der Waals surface area contributed by atoms with Crippen molar-refractivity contribution >= 4 is 23.4 Å². The first kappa shape index (κ1) is 30.7. The Morgan fingerprint density at radius 2 is 1.53 bits per heavy atom. The van der Waals surface area contributed by atoms with Gasteiger partial charge in [-0.25, -0.2) is 26.9 Å². The van der Waals surface area contributed by atoms with Gasteiger partial charge in [-0.15, -0.1) is 0 Å². The van der Waals surface area contributed by atoms with Crippen molar-refractivity contribution in [1.29, 1.82) is 0 Å². The van der Waals surface area contributed by atoms with Crippen molar-refractivity contribution in [2.75, 3.05) is 11.1 Å². The quantitative estimate of drug-likeness (QED) is 0.102. The average Bonchev–Trinajstić information content (AvgIpc) is 3.43. The number of carbonyl (C=O) groups excluding carboxylic acids is 1. The molecule has 3 aromatic carbocycles. The summed E-state index contributed by atoms with van der Waals surface area (Å²) in [6.07, 6.45) is 2.04. The number of carbonyl (C=O) groups is 1. The third kappa shape index (κ3) is 6.30. The van der Waals surface area contributed by atoms with Gasteiger partial charge in [-0.3, -0.25) is 4.79 Å². The third-order valence-corrected chi connectivity index (χ3v) is 8.30. The van der Waals surface area contributed by atoms with E-state index >= 15 is 0 Å². The third-order valence-electron chi connectivity index (χ3n) is 7.15. The van der Waals surface area contributed by atoms with Gasteiger partial charge in [0.1, 0.15) is 5.56 Å². The molecule has 226 valence electrons. The predicted octanol–water partition coefficient (Wildman–Crippen LogP) is 6.44. The van der Waals surface area contributed by atoms with Crippen molar-refractivity contribution in [3.63, 3.8) is 0 Å². The molecule has 2 heterocycles. The molecule has 4 aromatic rings. The topological polar surface area (TPSA) is 85.6 Å². The Hall–Kier alpha value is -3.78. The number of thioether (sulfide) groups is 1. The van der Waals surface area contributed by atoms with Crippen LogP contribution in [0.15, 0.2) is 66.1 Å². The van der Waals surface area contributed by atoms with Gasteiger partial charge in [0, 0.05) is 42.4 Å². The summed E-state index contributed by atoms with van der Waals surface area (Å²) in [5.41, 5.74) is 0.656. The lowest BCUT2D eigenvalue weighted by molar-refractivity contribution is -0.268. The fourth-order valence-corrected chi connectivity index (χ4v) is 5.77. The van der Waals surface area contributed by atoms with Gasteiger partial charge in [0.2, 0.25) is 5.82 Å². The molecule has 0 radical (unpaired) electrons. The number of aliphatic hydroxyl groups excluding tert-OH is 1. The second-order valence-electron chi connectivity index (χ2n) is 9.97. The van der Waals surface area contributed by atoms with E-state index in [-0.39, 0.29) is 30.4 Å². The van der Waals surface area contributed by atoms with E-state index in [2.05, 4.69) is 10.3 Å². The molecular weight excluding hydrogens is 593 g/mol. The Morgan fingerprint density at radius 1 is 0.930 bits per heavy atom. The number of imidazole rings is 1. The van der Waals surface area contributed by atoms with E-state index in [1.165, 1.54) is 23.9 Å². The molecule has 1 saturated heterocycles. The minimum Gasteiger partial charge on any atom is -0.392 e. The van der Waals surface area contributed by atoms with E-state index in [1.807, 2.05) is 49.0 Å². The maximum absolute atomic E-state index is 14.1. The maximum atomic E-state index is 14.1. The molecule has 1 aromatic heterocycles. The van der Waals surface area contributed by atoms with Crippen LogP contribution >= 0.6 is 11.8 Å². The number of aromatic nitrogens is 2. The zero-order valence-corrected chi connectivity index (χ0v) is 23.7. The first-order valence-corrected chi connectivity index (χ1v) is 14.1. The van der Waals surface area contributed by atoms with Crippen LogP contribution in [0, 0.1) is 35.0 Å². The molecule has 13 heteroatoms. The van der Waals surface area contributed by atoms with Crippen LogP contribution in [0.25, 0.3) is 0 Å². The molecule has 1 amide bonds. The highest BCUT2D eigenvalue weighted by atomic mass is 32.2. The lowest BCUT2D eigenvalue weighted by Gasteiger charge is -2.41. The number of hydrogen-bond donors (Lipinski definition) is 2. The normalized spacial score (nSPS) is 20.3.